The molecule has 1 aromatic rings. The van der Waals surface area contributed by atoms with Gasteiger partial charge in [0.15, 0.2) is 0 Å². The minimum atomic E-state index is 0.487. The molecule has 0 radical (unpaired) electrons. The van der Waals surface area contributed by atoms with E-state index in [2.05, 4.69) is 42.6 Å². The number of hydrogen-bond donors (Lipinski definition) is 1. The van der Waals surface area contributed by atoms with Crippen LogP contribution in [0.25, 0.3) is 0 Å². The van der Waals surface area contributed by atoms with Gasteiger partial charge in [-0.25, -0.2) is 0 Å². The molecule has 0 aromatic heterocycles. The van der Waals surface area contributed by atoms with Gasteiger partial charge in [-0.3, -0.25) is 0 Å². The lowest BCUT2D eigenvalue weighted by atomic mass is 10.0. The molecule has 120 valence electrons. The van der Waals surface area contributed by atoms with Gasteiger partial charge in [0.2, 0.25) is 0 Å². The second-order valence-electron chi connectivity index (χ2n) is 5.37. The van der Waals surface area contributed by atoms with Crippen LogP contribution in [-0.4, -0.2) is 33.5 Å². The van der Waals surface area contributed by atoms with Crippen molar-refractivity contribution in [3.05, 3.63) is 35.9 Å². The first-order valence-corrected chi connectivity index (χ1v) is 8.23. The number of rotatable bonds is 13. The zero-order valence-electron chi connectivity index (χ0n) is 13.6. The third kappa shape index (κ3) is 8.86. The standard InChI is InChI=1S/C18H31NO2/c1-3-13-19-18(17-10-6-4-7-11-17)12-8-5-9-14-21-16-15-20-2/h4,6-7,10-11,18-19H,3,5,8-9,12-16H2,1-2H3. The number of unbranched alkanes of at least 4 members (excludes halogenated alkanes) is 2. The van der Waals surface area contributed by atoms with Crippen LogP contribution in [0.15, 0.2) is 30.3 Å². The lowest BCUT2D eigenvalue weighted by Gasteiger charge is -2.19. The molecule has 3 nitrogen and oxygen atoms in total. The van der Waals surface area contributed by atoms with Crippen molar-refractivity contribution in [3.63, 3.8) is 0 Å². The largest absolute Gasteiger partial charge is 0.382 e. The predicted octanol–water partition coefficient (Wildman–Crippen LogP) is 3.95. The highest BCUT2D eigenvalue weighted by molar-refractivity contribution is 5.18. The van der Waals surface area contributed by atoms with Crippen LogP contribution < -0.4 is 5.32 Å². The molecular weight excluding hydrogens is 262 g/mol. The van der Waals surface area contributed by atoms with Crippen molar-refractivity contribution < 1.29 is 9.47 Å². The minimum absolute atomic E-state index is 0.487. The smallest absolute Gasteiger partial charge is 0.0700 e. The van der Waals surface area contributed by atoms with Crippen molar-refractivity contribution in [1.29, 1.82) is 0 Å². The molecule has 0 heterocycles. The Balaban J connectivity index is 2.18. The molecule has 0 amide bonds. The van der Waals surface area contributed by atoms with E-state index in [0.29, 0.717) is 19.3 Å². The van der Waals surface area contributed by atoms with Gasteiger partial charge in [-0.15, -0.1) is 0 Å². The van der Waals surface area contributed by atoms with Crippen LogP contribution in [0.2, 0.25) is 0 Å². The quantitative estimate of drug-likeness (QED) is 0.559. The van der Waals surface area contributed by atoms with Crippen molar-refractivity contribution >= 4 is 0 Å². The zero-order chi connectivity index (χ0) is 15.2. The van der Waals surface area contributed by atoms with Gasteiger partial charge in [-0.1, -0.05) is 50.1 Å². The van der Waals surface area contributed by atoms with E-state index in [1.807, 2.05) is 0 Å². The summed E-state index contributed by atoms with van der Waals surface area (Å²) < 4.78 is 10.4. The Morgan fingerprint density at radius 3 is 2.52 bits per heavy atom. The first kappa shape index (κ1) is 18.1. The Hall–Kier alpha value is -0.900. The third-order valence-corrected chi connectivity index (χ3v) is 3.56. The van der Waals surface area contributed by atoms with E-state index in [9.17, 15) is 0 Å². The number of hydrogen-bond acceptors (Lipinski definition) is 3. The van der Waals surface area contributed by atoms with Crippen LogP contribution in [0, 0.1) is 0 Å². The summed E-state index contributed by atoms with van der Waals surface area (Å²) in [6.45, 7) is 5.55. The normalized spacial score (nSPS) is 12.5. The molecule has 0 spiro atoms. The van der Waals surface area contributed by atoms with Gasteiger partial charge >= 0.3 is 0 Å². The maximum absolute atomic E-state index is 5.49. The fourth-order valence-corrected chi connectivity index (χ4v) is 2.36. The summed E-state index contributed by atoms with van der Waals surface area (Å²) in [4.78, 5) is 0. The molecule has 0 aliphatic heterocycles. The van der Waals surface area contributed by atoms with E-state index >= 15 is 0 Å². The molecule has 0 fully saturated rings. The number of methoxy groups -OCH3 is 1. The zero-order valence-corrected chi connectivity index (χ0v) is 13.6. The molecule has 1 unspecified atom stereocenters. The molecule has 0 saturated heterocycles. The summed E-state index contributed by atoms with van der Waals surface area (Å²) in [5.74, 6) is 0. The Bertz CT molecular complexity index is 329. The first-order valence-electron chi connectivity index (χ1n) is 8.23. The van der Waals surface area contributed by atoms with Crippen molar-refractivity contribution in [3.8, 4) is 0 Å². The van der Waals surface area contributed by atoms with Crippen LogP contribution in [0.3, 0.4) is 0 Å². The summed E-state index contributed by atoms with van der Waals surface area (Å²) in [7, 11) is 1.70. The monoisotopic (exact) mass is 293 g/mol. The van der Waals surface area contributed by atoms with Gasteiger partial charge in [0.1, 0.15) is 0 Å². The summed E-state index contributed by atoms with van der Waals surface area (Å²) >= 11 is 0. The van der Waals surface area contributed by atoms with Gasteiger partial charge in [0.25, 0.3) is 0 Å². The Morgan fingerprint density at radius 2 is 1.81 bits per heavy atom. The topological polar surface area (TPSA) is 30.5 Å². The van der Waals surface area contributed by atoms with Gasteiger partial charge in [0, 0.05) is 19.8 Å². The number of ether oxygens (including phenoxy) is 2. The van der Waals surface area contributed by atoms with E-state index in [1.165, 1.54) is 31.2 Å². The second kappa shape index (κ2) is 12.8. The van der Waals surface area contributed by atoms with Crippen molar-refractivity contribution in [1.82, 2.24) is 5.32 Å². The molecule has 1 rings (SSSR count). The highest BCUT2D eigenvalue weighted by Gasteiger charge is 2.09. The van der Waals surface area contributed by atoms with Gasteiger partial charge in [0.05, 0.1) is 13.2 Å². The fourth-order valence-electron chi connectivity index (χ4n) is 2.36. The van der Waals surface area contributed by atoms with E-state index < -0.39 is 0 Å². The van der Waals surface area contributed by atoms with E-state index in [0.717, 1.165) is 19.6 Å². The lowest BCUT2D eigenvalue weighted by molar-refractivity contribution is 0.0685. The molecular formula is C18H31NO2. The number of nitrogens with one attached hydrogen (secondary N) is 1. The minimum Gasteiger partial charge on any atom is -0.382 e. The van der Waals surface area contributed by atoms with Crippen LogP contribution in [0.1, 0.15) is 50.6 Å². The van der Waals surface area contributed by atoms with E-state index in [-0.39, 0.29) is 0 Å². The lowest BCUT2D eigenvalue weighted by Crippen LogP contribution is -2.22. The molecule has 0 bridgehead atoms. The summed E-state index contributed by atoms with van der Waals surface area (Å²) in [5.41, 5.74) is 1.40. The Kier molecular flexibility index (Phi) is 11.1. The molecule has 0 saturated carbocycles. The van der Waals surface area contributed by atoms with Crippen molar-refractivity contribution in [2.75, 3.05) is 33.5 Å². The van der Waals surface area contributed by atoms with E-state index in [1.54, 1.807) is 7.11 Å². The summed E-state index contributed by atoms with van der Waals surface area (Å²) in [6.07, 6.45) is 5.98. The maximum atomic E-state index is 5.49. The van der Waals surface area contributed by atoms with Crippen LogP contribution >= 0.6 is 0 Å². The van der Waals surface area contributed by atoms with Crippen molar-refractivity contribution in [2.24, 2.45) is 0 Å². The molecule has 1 N–H and O–H groups in total. The molecule has 1 aromatic carbocycles. The molecule has 3 heteroatoms. The SMILES string of the molecule is CCCNC(CCCCCOCCOC)c1ccccc1. The average Bonchev–Trinajstić information content (AvgIpc) is 2.53. The van der Waals surface area contributed by atoms with Crippen LogP contribution in [0.4, 0.5) is 0 Å². The van der Waals surface area contributed by atoms with Gasteiger partial charge < -0.3 is 14.8 Å². The predicted molar refractivity (Wildman–Crippen MR) is 88.6 cm³/mol. The van der Waals surface area contributed by atoms with Gasteiger partial charge in [-0.05, 0) is 31.4 Å². The summed E-state index contributed by atoms with van der Waals surface area (Å²) in [5, 5.41) is 3.66. The first-order chi connectivity index (χ1) is 10.4. The molecule has 0 aliphatic rings. The maximum Gasteiger partial charge on any atom is 0.0700 e. The Morgan fingerprint density at radius 1 is 1.00 bits per heavy atom. The molecule has 21 heavy (non-hydrogen) atoms. The molecule has 0 aliphatic carbocycles. The van der Waals surface area contributed by atoms with E-state index in [4.69, 9.17) is 9.47 Å². The third-order valence-electron chi connectivity index (χ3n) is 3.56. The van der Waals surface area contributed by atoms with Gasteiger partial charge in [-0.2, -0.15) is 0 Å². The number of benzene rings is 1. The Labute approximate surface area is 130 Å². The second-order valence-corrected chi connectivity index (χ2v) is 5.37. The summed E-state index contributed by atoms with van der Waals surface area (Å²) in [6, 6.07) is 11.3. The molecule has 1 atom stereocenters. The highest BCUT2D eigenvalue weighted by Crippen LogP contribution is 2.19. The van der Waals surface area contributed by atoms with Crippen LogP contribution in [-0.2, 0) is 9.47 Å². The van der Waals surface area contributed by atoms with Crippen LogP contribution in [0.5, 0.6) is 0 Å². The van der Waals surface area contributed by atoms with Crippen molar-refractivity contribution in [2.45, 2.75) is 45.1 Å². The highest BCUT2D eigenvalue weighted by atomic mass is 16.5. The average molecular weight is 293 g/mol. The fraction of sp³-hybridized carbons (Fsp3) is 0.667.